The van der Waals surface area contributed by atoms with E-state index in [1.807, 2.05) is 13.0 Å². The van der Waals surface area contributed by atoms with Crippen molar-refractivity contribution in [2.75, 3.05) is 16.7 Å². The minimum absolute atomic E-state index is 0.00884. The molecule has 33 heavy (non-hydrogen) atoms. The molecule has 174 valence electrons. The summed E-state index contributed by atoms with van der Waals surface area (Å²) in [6.45, 7) is 1.84. The Morgan fingerprint density at radius 3 is 2.42 bits per heavy atom. The van der Waals surface area contributed by atoms with Gasteiger partial charge in [0, 0.05) is 18.9 Å². The second-order valence-corrected chi connectivity index (χ2v) is 9.52. The molecule has 1 aromatic heterocycles. The Morgan fingerprint density at radius 1 is 1.09 bits per heavy atom. The summed E-state index contributed by atoms with van der Waals surface area (Å²) in [4.78, 5) is 17.6. The van der Waals surface area contributed by atoms with Crippen LogP contribution in [0.5, 0.6) is 0 Å². The van der Waals surface area contributed by atoms with Crippen molar-refractivity contribution >= 4 is 50.5 Å². The molecule has 12 heteroatoms. The summed E-state index contributed by atoms with van der Waals surface area (Å²) in [6, 6.07) is 10.3. The fraction of sp³-hybridized carbons (Fsp3) is 0.143. The SMILES string of the molecule is Cc1cccc(N(C)C(=O)c2ncc(Cl)cc2NS(=O)(=O)c2ccc(Cl)c(C(F)(F)F)c2)c1. The Morgan fingerprint density at radius 2 is 1.79 bits per heavy atom. The first-order valence-electron chi connectivity index (χ1n) is 9.19. The molecule has 0 saturated heterocycles. The Bertz CT molecular complexity index is 1330. The number of anilines is 2. The highest BCUT2D eigenvalue weighted by Gasteiger charge is 2.35. The molecular formula is C21H16Cl2F3N3O3S. The molecule has 2 aromatic carbocycles. The fourth-order valence-corrected chi connectivity index (χ4v) is 4.36. The third-order valence-corrected chi connectivity index (χ3v) is 6.45. The van der Waals surface area contributed by atoms with E-state index in [0.717, 1.165) is 30.0 Å². The smallest absolute Gasteiger partial charge is 0.310 e. The van der Waals surface area contributed by atoms with Crippen LogP contribution >= 0.6 is 23.2 Å². The number of nitrogens with one attached hydrogen (secondary N) is 1. The van der Waals surface area contributed by atoms with E-state index in [0.29, 0.717) is 11.8 Å². The van der Waals surface area contributed by atoms with Gasteiger partial charge in [-0.3, -0.25) is 9.52 Å². The van der Waals surface area contributed by atoms with Gasteiger partial charge in [-0.1, -0.05) is 35.3 Å². The van der Waals surface area contributed by atoms with E-state index in [9.17, 15) is 26.4 Å². The van der Waals surface area contributed by atoms with Crippen LogP contribution in [0, 0.1) is 6.92 Å². The van der Waals surface area contributed by atoms with Crippen molar-refractivity contribution in [2.45, 2.75) is 18.0 Å². The van der Waals surface area contributed by atoms with Crippen LogP contribution in [0.2, 0.25) is 10.0 Å². The van der Waals surface area contributed by atoms with E-state index in [-0.39, 0.29) is 16.4 Å². The number of sulfonamides is 1. The number of amides is 1. The van der Waals surface area contributed by atoms with Gasteiger partial charge < -0.3 is 4.90 Å². The van der Waals surface area contributed by atoms with Crippen molar-refractivity contribution in [3.8, 4) is 0 Å². The predicted molar refractivity (Wildman–Crippen MR) is 120 cm³/mol. The normalized spacial score (nSPS) is 11.8. The maximum atomic E-state index is 13.2. The topological polar surface area (TPSA) is 79.4 Å². The molecule has 0 fully saturated rings. The summed E-state index contributed by atoms with van der Waals surface area (Å²) in [5, 5.41) is -0.643. The zero-order chi connectivity index (χ0) is 24.6. The number of pyridine rings is 1. The van der Waals surface area contributed by atoms with E-state index in [4.69, 9.17) is 23.2 Å². The highest BCUT2D eigenvalue weighted by molar-refractivity contribution is 7.92. The quantitative estimate of drug-likeness (QED) is 0.464. The number of nitrogens with zero attached hydrogens (tertiary/aromatic N) is 2. The second kappa shape index (κ2) is 9.20. The van der Waals surface area contributed by atoms with E-state index in [1.165, 1.54) is 11.9 Å². The zero-order valence-electron chi connectivity index (χ0n) is 17.1. The number of aryl methyl sites for hydroxylation is 1. The standard InChI is InChI=1S/C21H16Cl2F3N3O3S/c1-12-4-3-5-14(8-12)29(2)20(30)19-18(9-13(22)11-27-19)28-33(31,32)15-6-7-17(23)16(10-15)21(24,25)26/h3-11,28H,1-2H3. The van der Waals surface area contributed by atoms with Crippen LogP contribution in [0.15, 0.2) is 59.6 Å². The highest BCUT2D eigenvalue weighted by Crippen LogP contribution is 2.36. The molecule has 0 aliphatic rings. The summed E-state index contributed by atoms with van der Waals surface area (Å²) in [6.07, 6.45) is -3.71. The van der Waals surface area contributed by atoms with Gasteiger partial charge in [-0.15, -0.1) is 0 Å². The van der Waals surface area contributed by atoms with Crippen LogP contribution in [0.1, 0.15) is 21.6 Å². The van der Waals surface area contributed by atoms with Gasteiger partial charge in [0.1, 0.15) is 0 Å². The monoisotopic (exact) mass is 517 g/mol. The lowest BCUT2D eigenvalue weighted by Crippen LogP contribution is -2.28. The minimum Gasteiger partial charge on any atom is -0.310 e. The van der Waals surface area contributed by atoms with Crippen molar-refractivity contribution in [1.82, 2.24) is 4.98 Å². The molecule has 1 N–H and O–H groups in total. The van der Waals surface area contributed by atoms with E-state index >= 15 is 0 Å². The Balaban J connectivity index is 2.01. The lowest BCUT2D eigenvalue weighted by molar-refractivity contribution is -0.137. The zero-order valence-corrected chi connectivity index (χ0v) is 19.4. The molecule has 0 bridgehead atoms. The van der Waals surface area contributed by atoms with E-state index in [1.54, 1.807) is 18.2 Å². The van der Waals surface area contributed by atoms with Crippen LogP contribution in [-0.2, 0) is 16.2 Å². The molecule has 0 saturated carbocycles. The number of alkyl halides is 3. The lowest BCUT2D eigenvalue weighted by atomic mass is 10.2. The van der Waals surface area contributed by atoms with Crippen molar-refractivity contribution in [1.29, 1.82) is 0 Å². The maximum absolute atomic E-state index is 13.2. The predicted octanol–water partition coefficient (Wildman–Crippen LogP) is 5.79. The van der Waals surface area contributed by atoms with Gasteiger partial charge in [0.05, 0.1) is 26.2 Å². The van der Waals surface area contributed by atoms with Crippen LogP contribution in [-0.4, -0.2) is 26.4 Å². The van der Waals surface area contributed by atoms with Crippen LogP contribution in [0.25, 0.3) is 0 Å². The molecule has 0 aliphatic carbocycles. The molecule has 0 unspecified atom stereocenters. The molecule has 0 atom stereocenters. The van der Waals surface area contributed by atoms with Gasteiger partial charge >= 0.3 is 6.18 Å². The van der Waals surface area contributed by atoms with Crippen molar-refractivity contribution in [3.05, 3.63) is 81.6 Å². The molecule has 1 heterocycles. The molecule has 0 radical (unpaired) electrons. The first-order valence-corrected chi connectivity index (χ1v) is 11.4. The highest BCUT2D eigenvalue weighted by atomic mass is 35.5. The number of hydrogen-bond acceptors (Lipinski definition) is 4. The van der Waals surface area contributed by atoms with Crippen molar-refractivity contribution in [2.24, 2.45) is 0 Å². The van der Waals surface area contributed by atoms with E-state index in [2.05, 4.69) is 9.71 Å². The number of benzene rings is 2. The number of hydrogen-bond donors (Lipinski definition) is 1. The van der Waals surface area contributed by atoms with Gasteiger partial charge in [0.25, 0.3) is 15.9 Å². The largest absolute Gasteiger partial charge is 0.417 e. The van der Waals surface area contributed by atoms with Crippen molar-refractivity contribution in [3.63, 3.8) is 0 Å². The van der Waals surface area contributed by atoms with Gasteiger partial charge in [0.2, 0.25) is 0 Å². The van der Waals surface area contributed by atoms with Gasteiger partial charge in [-0.25, -0.2) is 13.4 Å². The first-order chi connectivity index (χ1) is 15.3. The summed E-state index contributed by atoms with van der Waals surface area (Å²) in [5.41, 5.74) is -0.488. The molecular weight excluding hydrogens is 502 g/mol. The summed E-state index contributed by atoms with van der Waals surface area (Å²) in [5.74, 6) is -0.665. The summed E-state index contributed by atoms with van der Waals surface area (Å²) < 4.78 is 67.3. The van der Waals surface area contributed by atoms with E-state index < -0.39 is 37.6 Å². The molecule has 3 aromatic rings. The lowest BCUT2D eigenvalue weighted by Gasteiger charge is -2.20. The fourth-order valence-electron chi connectivity index (χ4n) is 2.89. The second-order valence-electron chi connectivity index (χ2n) is 7.00. The molecule has 6 nitrogen and oxygen atoms in total. The minimum atomic E-state index is -4.86. The molecule has 1 amide bonds. The number of carbonyl (C=O) groups excluding carboxylic acids is 1. The maximum Gasteiger partial charge on any atom is 0.417 e. The molecule has 3 rings (SSSR count). The average molecular weight is 518 g/mol. The third kappa shape index (κ3) is 5.58. The summed E-state index contributed by atoms with van der Waals surface area (Å²) in [7, 11) is -3.09. The summed E-state index contributed by atoms with van der Waals surface area (Å²) >= 11 is 11.5. The molecule has 0 spiro atoms. The Labute approximate surface area is 198 Å². The van der Waals surface area contributed by atoms with Gasteiger partial charge in [-0.05, 0) is 48.9 Å². The first kappa shape index (κ1) is 24.8. The number of rotatable bonds is 5. The number of carbonyl (C=O) groups is 1. The third-order valence-electron chi connectivity index (χ3n) is 4.55. The van der Waals surface area contributed by atoms with Crippen LogP contribution in [0.3, 0.4) is 0 Å². The Hall–Kier alpha value is -2.82. The number of aromatic nitrogens is 1. The van der Waals surface area contributed by atoms with Gasteiger partial charge in [0.15, 0.2) is 5.69 Å². The van der Waals surface area contributed by atoms with Crippen LogP contribution in [0.4, 0.5) is 24.5 Å². The molecule has 0 aliphatic heterocycles. The average Bonchev–Trinajstić information content (AvgIpc) is 2.72. The number of halogens is 5. The van der Waals surface area contributed by atoms with Gasteiger partial charge in [-0.2, -0.15) is 13.2 Å². The van der Waals surface area contributed by atoms with Crippen molar-refractivity contribution < 1.29 is 26.4 Å². The Kier molecular flexibility index (Phi) is 6.92. The van der Waals surface area contributed by atoms with Crippen LogP contribution < -0.4 is 9.62 Å².